The van der Waals surface area contributed by atoms with Crippen molar-refractivity contribution in [3.63, 3.8) is 0 Å². The molecule has 0 saturated carbocycles. The highest BCUT2D eigenvalue weighted by atomic mass is 32.2. The molecule has 2 aromatic carbocycles. The Bertz CT molecular complexity index is 742. The Balaban J connectivity index is 2.09. The van der Waals surface area contributed by atoms with Gasteiger partial charge in [-0.2, -0.15) is 0 Å². The van der Waals surface area contributed by atoms with Crippen LogP contribution in [0.1, 0.15) is 5.69 Å². The molecule has 0 aliphatic rings. The van der Waals surface area contributed by atoms with Crippen LogP contribution in [0.15, 0.2) is 65.6 Å². The summed E-state index contributed by atoms with van der Waals surface area (Å²) in [5.41, 5.74) is 4.38. The second-order valence-corrected chi connectivity index (χ2v) is 5.78. The number of thioether (sulfide) groups is 1. The first-order valence-electron chi connectivity index (χ1n) is 6.78. The molecule has 1 aromatic heterocycles. The SMILES string of the molecule is CSc1ccc(-c2ccc(C)n2-c2ccc(F)cc2)cc1. The molecule has 3 rings (SSSR count). The first kappa shape index (κ1) is 14.0. The van der Waals surface area contributed by atoms with Gasteiger partial charge in [-0.15, -0.1) is 11.8 Å². The van der Waals surface area contributed by atoms with Crippen molar-refractivity contribution >= 4 is 11.8 Å². The van der Waals surface area contributed by atoms with Crippen molar-refractivity contribution in [2.45, 2.75) is 11.8 Å². The summed E-state index contributed by atoms with van der Waals surface area (Å²) in [5.74, 6) is -0.213. The highest BCUT2D eigenvalue weighted by Crippen LogP contribution is 2.28. The molecule has 1 nitrogen and oxygen atoms in total. The van der Waals surface area contributed by atoms with Crippen LogP contribution in [0, 0.1) is 12.7 Å². The van der Waals surface area contributed by atoms with Crippen LogP contribution in [0.3, 0.4) is 0 Å². The van der Waals surface area contributed by atoms with Gasteiger partial charge < -0.3 is 4.57 Å². The van der Waals surface area contributed by atoms with Gasteiger partial charge in [0.1, 0.15) is 5.82 Å². The second-order valence-electron chi connectivity index (χ2n) is 4.90. The Morgan fingerprint density at radius 3 is 2.14 bits per heavy atom. The molecule has 0 radical (unpaired) electrons. The van der Waals surface area contributed by atoms with Gasteiger partial charge in [0.2, 0.25) is 0 Å². The van der Waals surface area contributed by atoms with Crippen LogP contribution in [-0.2, 0) is 0 Å². The zero-order valence-corrected chi connectivity index (χ0v) is 12.8. The van der Waals surface area contributed by atoms with E-state index in [1.165, 1.54) is 17.0 Å². The fraction of sp³-hybridized carbons (Fsp3) is 0.111. The second kappa shape index (κ2) is 5.78. The number of rotatable bonds is 3. The standard InChI is InChI=1S/C18H16FNS/c1-13-3-12-18(14-4-10-17(21-2)11-5-14)20(13)16-8-6-15(19)7-9-16/h3-12H,1-2H3. The minimum absolute atomic E-state index is 0.213. The Hall–Kier alpha value is -2.00. The zero-order chi connectivity index (χ0) is 14.8. The summed E-state index contributed by atoms with van der Waals surface area (Å²) in [4.78, 5) is 1.25. The predicted octanol–water partition coefficient (Wildman–Crippen LogP) is 5.31. The molecule has 0 saturated heterocycles. The van der Waals surface area contributed by atoms with Gasteiger partial charge in [-0.1, -0.05) is 12.1 Å². The summed E-state index contributed by atoms with van der Waals surface area (Å²) in [7, 11) is 0. The van der Waals surface area contributed by atoms with Crippen LogP contribution in [0.2, 0.25) is 0 Å². The van der Waals surface area contributed by atoms with E-state index in [1.807, 2.05) is 12.1 Å². The van der Waals surface area contributed by atoms with Crippen molar-refractivity contribution in [2.24, 2.45) is 0 Å². The lowest BCUT2D eigenvalue weighted by molar-refractivity contribution is 0.627. The summed E-state index contributed by atoms with van der Waals surface area (Å²) in [5, 5.41) is 0. The third-order valence-electron chi connectivity index (χ3n) is 3.55. The molecule has 0 fully saturated rings. The smallest absolute Gasteiger partial charge is 0.123 e. The number of benzene rings is 2. The average molecular weight is 297 g/mol. The number of nitrogens with zero attached hydrogens (tertiary/aromatic N) is 1. The van der Waals surface area contributed by atoms with Crippen molar-refractivity contribution in [3.05, 3.63) is 72.2 Å². The van der Waals surface area contributed by atoms with Crippen molar-refractivity contribution in [1.82, 2.24) is 4.57 Å². The normalized spacial score (nSPS) is 10.8. The monoisotopic (exact) mass is 297 g/mol. The van der Waals surface area contributed by atoms with Crippen molar-refractivity contribution in [1.29, 1.82) is 0 Å². The van der Waals surface area contributed by atoms with Crippen LogP contribution >= 0.6 is 11.8 Å². The molecule has 1 heterocycles. The number of aryl methyl sites for hydroxylation is 1. The van der Waals surface area contributed by atoms with E-state index in [2.05, 4.69) is 54.1 Å². The summed E-state index contributed by atoms with van der Waals surface area (Å²) >= 11 is 1.73. The predicted molar refractivity (Wildman–Crippen MR) is 87.7 cm³/mol. The highest BCUT2D eigenvalue weighted by molar-refractivity contribution is 7.98. The number of hydrogen-bond donors (Lipinski definition) is 0. The van der Waals surface area contributed by atoms with Crippen LogP contribution in [0.25, 0.3) is 16.9 Å². The van der Waals surface area contributed by atoms with Crippen LogP contribution in [0.4, 0.5) is 4.39 Å². The van der Waals surface area contributed by atoms with E-state index in [1.54, 1.807) is 11.8 Å². The Morgan fingerprint density at radius 1 is 0.857 bits per heavy atom. The minimum Gasteiger partial charge on any atom is -0.314 e. The molecule has 0 spiro atoms. The van der Waals surface area contributed by atoms with Crippen LogP contribution in [0.5, 0.6) is 0 Å². The summed E-state index contributed by atoms with van der Waals surface area (Å²) in [6.07, 6.45) is 2.07. The zero-order valence-electron chi connectivity index (χ0n) is 12.0. The van der Waals surface area contributed by atoms with Crippen LogP contribution < -0.4 is 0 Å². The first-order valence-corrected chi connectivity index (χ1v) is 8.00. The summed E-state index contributed by atoms with van der Waals surface area (Å²) < 4.78 is 15.3. The lowest BCUT2D eigenvalue weighted by Gasteiger charge is -2.12. The number of aromatic nitrogens is 1. The van der Waals surface area contributed by atoms with E-state index >= 15 is 0 Å². The van der Waals surface area contributed by atoms with E-state index in [-0.39, 0.29) is 5.82 Å². The van der Waals surface area contributed by atoms with E-state index in [0.29, 0.717) is 0 Å². The van der Waals surface area contributed by atoms with Gasteiger partial charge in [0.15, 0.2) is 0 Å². The van der Waals surface area contributed by atoms with Gasteiger partial charge >= 0.3 is 0 Å². The summed E-state index contributed by atoms with van der Waals surface area (Å²) in [6, 6.07) is 19.3. The van der Waals surface area contributed by atoms with Gasteiger partial charge in [-0.25, -0.2) is 4.39 Å². The highest BCUT2D eigenvalue weighted by Gasteiger charge is 2.09. The number of halogens is 1. The molecule has 3 heteroatoms. The van der Waals surface area contributed by atoms with Gasteiger partial charge in [-0.05, 0) is 67.3 Å². The fourth-order valence-electron chi connectivity index (χ4n) is 2.46. The molecule has 0 aliphatic carbocycles. The average Bonchev–Trinajstić information content (AvgIpc) is 2.90. The van der Waals surface area contributed by atoms with Gasteiger partial charge in [-0.3, -0.25) is 0 Å². The number of hydrogen-bond acceptors (Lipinski definition) is 1. The molecule has 0 bridgehead atoms. The van der Waals surface area contributed by atoms with Crippen molar-refractivity contribution in [3.8, 4) is 16.9 Å². The topological polar surface area (TPSA) is 4.93 Å². The Labute approximate surface area is 128 Å². The molecule has 0 atom stereocenters. The Morgan fingerprint density at radius 2 is 1.52 bits per heavy atom. The maximum atomic E-state index is 13.1. The molecular formula is C18H16FNS. The molecule has 21 heavy (non-hydrogen) atoms. The maximum absolute atomic E-state index is 13.1. The van der Waals surface area contributed by atoms with E-state index in [4.69, 9.17) is 0 Å². The largest absolute Gasteiger partial charge is 0.314 e. The molecule has 3 aromatic rings. The van der Waals surface area contributed by atoms with Crippen molar-refractivity contribution < 1.29 is 4.39 Å². The fourth-order valence-corrected chi connectivity index (χ4v) is 2.87. The maximum Gasteiger partial charge on any atom is 0.123 e. The third-order valence-corrected chi connectivity index (χ3v) is 4.29. The van der Waals surface area contributed by atoms with Crippen molar-refractivity contribution in [2.75, 3.05) is 6.26 Å². The molecule has 0 aliphatic heterocycles. The lowest BCUT2D eigenvalue weighted by Crippen LogP contribution is -1.99. The molecule has 106 valence electrons. The summed E-state index contributed by atoms with van der Waals surface area (Å²) in [6.45, 7) is 2.06. The Kier molecular flexibility index (Phi) is 3.84. The van der Waals surface area contributed by atoms with Gasteiger partial charge in [0, 0.05) is 16.3 Å². The van der Waals surface area contributed by atoms with Gasteiger partial charge in [0.05, 0.1) is 5.69 Å². The minimum atomic E-state index is -0.213. The molecule has 0 amide bonds. The van der Waals surface area contributed by atoms with E-state index < -0.39 is 0 Å². The quantitative estimate of drug-likeness (QED) is 0.593. The third kappa shape index (κ3) is 2.74. The molecule has 0 unspecified atom stereocenters. The lowest BCUT2D eigenvalue weighted by atomic mass is 10.1. The van der Waals surface area contributed by atoms with Gasteiger partial charge in [0.25, 0.3) is 0 Å². The molecular weight excluding hydrogens is 281 g/mol. The molecule has 0 N–H and O–H groups in total. The van der Waals surface area contributed by atoms with E-state index in [9.17, 15) is 4.39 Å². The first-order chi connectivity index (χ1) is 10.2. The van der Waals surface area contributed by atoms with Crippen LogP contribution in [-0.4, -0.2) is 10.8 Å². The van der Waals surface area contributed by atoms with E-state index in [0.717, 1.165) is 22.6 Å².